The molecule has 4 amide bonds. The van der Waals surface area contributed by atoms with E-state index in [1.807, 2.05) is 37.3 Å². The summed E-state index contributed by atoms with van der Waals surface area (Å²) in [6.07, 6.45) is 4.27. The van der Waals surface area contributed by atoms with Crippen LogP contribution in [0, 0.1) is 0 Å². The van der Waals surface area contributed by atoms with Crippen LogP contribution in [0.4, 0.5) is 10.5 Å². The predicted molar refractivity (Wildman–Crippen MR) is 90.5 cm³/mol. The van der Waals surface area contributed by atoms with Gasteiger partial charge in [-0.15, -0.1) is 0 Å². The van der Waals surface area contributed by atoms with Gasteiger partial charge in [0.1, 0.15) is 12.1 Å². The van der Waals surface area contributed by atoms with Crippen LogP contribution in [-0.4, -0.2) is 41.4 Å². The number of carbonyl (C=O) groups is 3. The summed E-state index contributed by atoms with van der Waals surface area (Å²) in [5, 5.41) is 2.84. The summed E-state index contributed by atoms with van der Waals surface area (Å²) in [7, 11) is 0. The Kier molecular flexibility index (Phi) is 4.55. The summed E-state index contributed by atoms with van der Waals surface area (Å²) < 4.78 is 0. The Balaban J connectivity index is 1.74. The highest BCUT2D eigenvalue weighted by Gasteiger charge is 2.51. The van der Waals surface area contributed by atoms with E-state index in [9.17, 15) is 14.4 Å². The molecule has 2 fully saturated rings. The van der Waals surface area contributed by atoms with Crippen LogP contribution in [-0.2, 0) is 9.59 Å². The Morgan fingerprint density at radius 2 is 1.83 bits per heavy atom. The number of nitrogens with zero attached hydrogens (tertiary/aromatic N) is 2. The topological polar surface area (TPSA) is 69.7 Å². The molecule has 3 rings (SSSR count). The molecular formula is C18H23N3O3. The third kappa shape index (κ3) is 2.88. The van der Waals surface area contributed by atoms with E-state index in [1.165, 1.54) is 0 Å². The van der Waals surface area contributed by atoms with Crippen molar-refractivity contribution in [3.05, 3.63) is 30.3 Å². The zero-order valence-electron chi connectivity index (χ0n) is 14.0. The van der Waals surface area contributed by atoms with E-state index in [0.717, 1.165) is 29.8 Å². The molecule has 1 saturated heterocycles. The van der Waals surface area contributed by atoms with Crippen molar-refractivity contribution < 1.29 is 14.4 Å². The molecule has 1 aliphatic carbocycles. The van der Waals surface area contributed by atoms with Gasteiger partial charge in [0.25, 0.3) is 5.91 Å². The Bertz CT molecular complexity index is 638. The van der Waals surface area contributed by atoms with E-state index in [2.05, 4.69) is 5.32 Å². The lowest BCUT2D eigenvalue weighted by Gasteiger charge is -2.30. The van der Waals surface area contributed by atoms with Crippen LogP contribution < -0.4 is 10.2 Å². The van der Waals surface area contributed by atoms with Gasteiger partial charge < -0.3 is 10.2 Å². The maximum atomic E-state index is 12.7. The highest BCUT2D eigenvalue weighted by Crippen LogP contribution is 2.33. The Morgan fingerprint density at radius 1 is 1.17 bits per heavy atom. The second-order valence-corrected chi connectivity index (χ2v) is 6.44. The zero-order chi connectivity index (χ0) is 17.2. The zero-order valence-corrected chi connectivity index (χ0v) is 14.0. The third-order valence-electron chi connectivity index (χ3n) is 4.93. The minimum Gasteiger partial charge on any atom is -0.323 e. The van der Waals surface area contributed by atoms with Gasteiger partial charge in [0.2, 0.25) is 5.91 Å². The fourth-order valence-corrected chi connectivity index (χ4v) is 3.65. The molecule has 2 aliphatic rings. The summed E-state index contributed by atoms with van der Waals surface area (Å²) in [4.78, 5) is 40.3. The summed E-state index contributed by atoms with van der Waals surface area (Å²) in [6, 6.07) is 8.84. The molecule has 0 unspecified atom stereocenters. The number of rotatable bonds is 4. The number of anilines is 1. The summed E-state index contributed by atoms with van der Waals surface area (Å²) in [5.41, 5.74) is -0.0104. The standard InChI is InChI=1S/C18H23N3O3/c1-2-20(14-9-5-3-6-10-14)15(22)13-21-16(23)18(19-17(21)24)11-7-4-8-12-18/h3,5-6,9-10H,2,4,7-8,11-13H2,1H3,(H,19,24). The second kappa shape index (κ2) is 6.63. The first-order chi connectivity index (χ1) is 11.6. The Morgan fingerprint density at radius 3 is 2.46 bits per heavy atom. The van der Waals surface area contributed by atoms with Crippen LogP contribution in [0.5, 0.6) is 0 Å². The van der Waals surface area contributed by atoms with Gasteiger partial charge in [-0.1, -0.05) is 37.5 Å². The average molecular weight is 329 g/mol. The van der Waals surface area contributed by atoms with Gasteiger partial charge in [-0.3, -0.25) is 14.5 Å². The Hall–Kier alpha value is -2.37. The second-order valence-electron chi connectivity index (χ2n) is 6.44. The Labute approximate surface area is 141 Å². The van der Waals surface area contributed by atoms with Gasteiger partial charge in [-0.05, 0) is 31.9 Å². The molecule has 1 aliphatic heterocycles. The highest BCUT2D eigenvalue weighted by molar-refractivity contribution is 6.10. The number of hydrogen-bond acceptors (Lipinski definition) is 3. The van der Waals surface area contributed by atoms with Crippen molar-refractivity contribution in [1.29, 1.82) is 0 Å². The van der Waals surface area contributed by atoms with Crippen LogP contribution >= 0.6 is 0 Å². The van der Waals surface area contributed by atoms with Gasteiger partial charge in [0.05, 0.1) is 0 Å². The number of nitrogens with one attached hydrogen (secondary N) is 1. The molecule has 0 radical (unpaired) electrons. The average Bonchev–Trinajstić information content (AvgIpc) is 2.81. The van der Waals surface area contributed by atoms with E-state index in [-0.39, 0.29) is 18.4 Å². The number of amides is 4. The molecule has 6 nitrogen and oxygen atoms in total. The number of benzene rings is 1. The number of carbonyl (C=O) groups excluding carboxylic acids is 3. The van der Waals surface area contributed by atoms with E-state index in [0.29, 0.717) is 19.4 Å². The minimum absolute atomic E-state index is 0.213. The fourth-order valence-electron chi connectivity index (χ4n) is 3.65. The van der Waals surface area contributed by atoms with E-state index >= 15 is 0 Å². The largest absolute Gasteiger partial charge is 0.325 e. The van der Waals surface area contributed by atoms with Gasteiger partial charge in [-0.25, -0.2) is 4.79 Å². The van der Waals surface area contributed by atoms with Crippen molar-refractivity contribution in [3.8, 4) is 0 Å². The molecule has 1 aromatic carbocycles. The van der Waals surface area contributed by atoms with E-state index in [4.69, 9.17) is 0 Å². The maximum Gasteiger partial charge on any atom is 0.325 e. The summed E-state index contributed by atoms with van der Waals surface area (Å²) in [5.74, 6) is -0.496. The smallest absolute Gasteiger partial charge is 0.323 e. The first kappa shape index (κ1) is 16.5. The molecular weight excluding hydrogens is 306 g/mol. The van der Waals surface area contributed by atoms with Crippen molar-refractivity contribution in [3.63, 3.8) is 0 Å². The van der Waals surface area contributed by atoms with Crippen molar-refractivity contribution in [1.82, 2.24) is 10.2 Å². The first-order valence-electron chi connectivity index (χ1n) is 8.57. The molecule has 128 valence electrons. The lowest BCUT2D eigenvalue weighted by molar-refractivity contribution is -0.135. The molecule has 0 atom stereocenters. The summed E-state index contributed by atoms with van der Waals surface area (Å²) in [6.45, 7) is 2.15. The van der Waals surface area contributed by atoms with Crippen molar-refractivity contribution >= 4 is 23.5 Å². The maximum absolute atomic E-state index is 12.7. The van der Waals surface area contributed by atoms with Crippen LogP contribution in [0.3, 0.4) is 0 Å². The first-order valence-corrected chi connectivity index (χ1v) is 8.57. The van der Waals surface area contributed by atoms with Crippen molar-refractivity contribution in [2.24, 2.45) is 0 Å². The molecule has 1 aromatic rings. The molecule has 1 spiro atoms. The SMILES string of the molecule is CCN(C(=O)CN1C(=O)NC2(CCCCC2)C1=O)c1ccccc1. The quantitative estimate of drug-likeness (QED) is 0.862. The molecule has 0 bridgehead atoms. The van der Waals surface area contributed by atoms with E-state index in [1.54, 1.807) is 4.90 Å². The van der Waals surface area contributed by atoms with E-state index < -0.39 is 11.6 Å². The number of likely N-dealkylation sites (N-methyl/N-ethyl adjacent to an activating group) is 1. The van der Waals surface area contributed by atoms with Crippen molar-refractivity contribution in [2.75, 3.05) is 18.0 Å². The van der Waals surface area contributed by atoms with Crippen LogP contribution in [0.15, 0.2) is 30.3 Å². The lowest BCUT2D eigenvalue weighted by Crippen LogP contribution is -2.49. The molecule has 6 heteroatoms. The predicted octanol–water partition coefficient (Wildman–Crippen LogP) is 2.29. The summed E-state index contributed by atoms with van der Waals surface area (Å²) >= 11 is 0. The van der Waals surface area contributed by atoms with Gasteiger partial charge in [0, 0.05) is 12.2 Å². The normalized spacial score (nSPS) is 19.5. The number of para-hydroxylation sites is 1. The minimum atomic E-state index is -0.778. The van der Waals surface area contributed by atoms with Gasteiger partial charge in [0.15, 0.2) is 0 Å². The van der Waals surface area contributed by atoms with Gasteiger partial charge in [-0.2, -0.15) is 0 Å². The highest BCUT2D eigenvalue weighted by atomic mass is 16.2. The molecule has 1 N–H and O–H groups in total. The molecule has 0 aromatic heterocycles. The third-order valence-corrected chi connectivity index (χ3v) is 4.93. The number of hydrogen-bond donors (Lipinski definition) is 1. The molecule has 1 saturated carbocycles. The van der Waals surface area contributed by atoms with Crippen LogP contribution in [0.1, 0.15) is 39.0 Å². The fraction of sp³-hybridized carbons (Fsp3) is 0.500. The molecule has 24 heavy (non-hydrogen) atoms. The van der Waals surface area contributed by atoms with Crippen LogP contribution in [0.25, 0.3) is 0 Å². The monoisotopic (exact) mass is 329 g/mol. The lowest BCUT2D eigenvalue weighted by atomic mass is 9.82. The number of imide groups is 1. The van der Waals surface area contributed by atoms with Crippen molar-refractivity contribution in [2.45, 2.75) is 44.6 Å². The molecule has 1 heterocycles. The number of urea groups is 1. The van der Waals surface area contributed by atoms with Gasteiger partial charge >= 0.3 is 6.03 Å². The van der Waals surface area contributed by atoms with Crippen LogP contribution in [0.2, 0.25) is 0 Å².